The van der Waals surface area contributed by atoms with Gasteiger partial charge in [-0.2, -0.15) is 0 Å². The van der Waals surface area contributed by atoms with Crippen LogP contribution in [0.1, 0.15) is 46.5 Å². The third-order valence-electron chi connectivity index (χ3n) is 4.33. The van der Waals surface area contributed by atoms with E-state index in [1.807, 2.05) is 18.2 Å². The van der Waals surface area contributed by atoms with E-state index in [4.69, 9.17) is 0 Å². The third kappa shape index (κ3) is 3.98. The van der Waals surface area contributed by atoms with E-state index in [-0.39, 0.29) is 23.9 Å². The van der Waals surface area contributed by atoms with Crippen LogP contribution in [0.2, 0.25) is 0 Å². The van der Waals surface area contributed by atoms with Gasteiger partial charge in [0.15, 0.2) is 0 Å². The van der Waals surface area contributed by atoms with Crippen molar-refractivity contribution < 1.29 is 9.59 Å². The number of pyridine rings is 1. The SMILES string of the molecule is O=C(N[C@H]1CCCC[C@@H]1NC(=O)c1ccccn1)c1ccccc1. The molecule has 1 saturated carbocycles. The minimum absolute atomic E-state index is 0.0564. The van der Waals surface area contributed by atoms with E-state index in [1.54, 1.807) is 36.5 Å². The normalized spacial score (nSPS) is 20.2. The summed E-state index contributed by atoms with van der Waals surface area (Å²) in [5, 5.41) is 6.09. The van der Waals surface area contributed by atoms with Crippen molar-refractivity contribution in [3.8, 4) is 0 Å². The lowest BCUT2D eigenvalue weighted by Gasteiger charge is -2.32. The molecule has 24 heavy (non-hydrogen) atoms. The highest BCUT2D eigenvalue weighted by atomic mass is 16.2. The van der Waals surface area contributed by atoms with E-state index in [2.05, 4.69) is 15.6 Å². The van der Waals surface area contributed by atoms with Crippen molar-refractivity contribution in [2.24, 2.45) is 0 Å². The van der Waals surface area contributed by atoms with Crippen molar-refractivity contribution >= 4 is 11.8 Å². The number of benzene rings is 1. The number of hydrogen-bond donors (Lipinski definition) is 2. The van der Waals surface area contributed by atoms with Gasteiger partial charge < -0.3 is 10.6 Å². The Labute approximate surface area is 141 Å². The Morgan fingerprint density at radius 1 is 0.833 bits per heavy atom. The summed E-state index contributed by atoms with van der Waals surface area (Å²) in [6, 6.07) is 14.3. The Morgan fingerprint density at radius 3 is 2.08 bits per heavy atom. The first-order valence-corrected chi connectivity index (χ1v) is 8.32. The second-order valence-electron chi connectivity index (χ2n) is 6.03. The molecule has 5 heteroatoms. The molecule has 1 fully saturated rings. The van der Waals surface area contributed by atoms with Gasteiger partial charge in [-0.05, 0) is 37.1 Å². The Balaban J connectivity index is 1.65. The smallest absolute Gasteiger partial charge is 0.270 e. The molecule has 2 amide bonds. The second kappa shape index (κ2) is 7.73. The first-order chi connectivity index (χ1) is 11.7. The third-order valence-corrected chi connectivity index (χ3v) is 4.33. The van der Waals surface area contributed by atoms with Gasteiger partial charge in [-0.15, -0.1) is 0 Å². The fourth-order valence-corrected chi connectivity index (χ4v) is 3.06. The minimum Gasteiger partial charge on any atom is -0.347 e. The summed E-state index contributed by atoms with van der Waals surface area (Å²) in [5.74, 6) is -0.291. The Kier molecular flexibility index (Phi) is 5.21. The van der Waals surface area contributed by atoms with Crippen LogP contribution in [0, 0.1) is 0 Å². The van der Waals surface area contributed by atoms with Gasteiger partial charge in [0.2, 0.25) is 0 Å². The predicted molar refractivity (Wildman–Crippen MR) is 91.7 cm³/mol. The predicted octanol–water partition coefficient (Wildman–Crippen LogP) is 2.55. The zero-order valence-corrected chi connectivity index (χ0v) is 13.4. The summed E-state index contributed by atoms with van der Waals surface area (Å²) < 4.78 is 0. The lowest BCUT2D eigenvalue weighted by atomic mass is 9.90. The van der Waals surface area contributed by atoms with Gasteiger partial charge in [-0.1, -0.05) is 37.1 Å². The van der Waals surface area contributed by atoms with E-state index in [0.29, 0.717) is 11.3 Å². The number of aromatic nitrogens is 1. The van der Waals surface area contributed by atoms with Crippen LogP contribution in [-0.4, -0.2) is 28.9 Å². The van der Waals surface area contributed by atoms with Gasteiger partial charge in [0, 0.05) is 23.8 Å². The highest BCUT2D eigenvalue weighted by molar-refractivity contribution is 5.95. The quantitative estimate of drug-likeness (QED) is 0.908. The lowest BCUT2D eigenvalue weighted by Crippen LogP contribution is -2.53. The molecular weight excluding hydrogens is 302 g/mol. The Morgan fingerprint density at radius 2 is 1.46 bits per heavy atom. The molecule has 1 heterocycles. The molecule has 0 spiro atoms. The van der Waals surface area contributed by atoms with Crippen molar-refractivity contribution in [3.05, 3.63) is 66.0 Å². The molecule has 124 valence electrons. The van der Waals surface area contributed by atoms with Crippen LogP contribution in [0.25, 0.3) is 0 Å². The lowest BCUT2D eigenvalue weighted by molar-refractivity contribution is 0.0860. The van der Waals surface area contributed by atoms with Gasteiger partial charge in [-0.25, -0.2) is 0 Å². The standard InChI is InChI=1S/C19H21N3O2/c23-18(14-8-2-1-3-9-14)21-15-10-4-5-11-16(15)22-19(24)17-12-6-7-13-20-17/h1-3,6-9,12-13,15-16H,4-5,10-11H2,(H,21,23)(H,22,24)/t15-,16-/m0/s1. The van der Waals surface area contributed by atoms with Crippen LogP contribution in [-0.2, 0) is 0 Å². The Bertz CT molecular complexity index is 627. The first kappa shape index (κ1) is 16.2. The maximum atomic E-state index is 12.4. The number of nitrogens with zero attached hydrogens (tertiary/aromatic N) is 1. The molecule has 5 nitrogen and oxygen atoms in total. The number of carbonyl (C=O) groups is 2. The number of amides is 2. The van der Waals surface area contributed by atoms with E-state index in [0.717, 1.165) is 25.7 Å². The van der Waals surface area contributed by atoms with Crippen LogP contribution < -0.4 is 10.6 Å². The molecule has 1 aromatic heterocycles. The molecule has 2 aromatic rings. The summed E-state index contributed by atoms with van der Waals surface area (Å²) in [4.78, 5) is 28.8. The molecule has 1 aliphatic rings. The average Bonchev–Trinajstić information content (AvgIpc) is 2.64. The van der Waals surface area contributed by atoms with Gasteiger partial charge in [-0.3, -0.25) is 14.6 Å². The molecule has 2 N–H and O–H groups in total. The Hall–Kier alpha value is -2.69. The van der Waals surface area contributed by atoms with Crippen LogP contribution in [0.3, 0.4) is 0 Å². The molecule has 0 bridgehead atoms. The van der Waals surface area contributed by atoms with E-state index in [9.17, 15) is 9.59 Å². The van der Waals surface area contributed by atoms with Gasteiger partial charge in [0.25, 0.3) is 11.8 Å². The molecule has 0 unspecified atom stereocenters. The summed E-state index contributed by atoms with van der Waals surface area (Å²) in [5.41, 5.74) is 1.04. The van der Waals surface area contributed by atoms with E-state index < -0.39 is 0 Å². The zero-order chi connectivity index (χ0) is 16.8. The molecule has 1 aliphatic carbocycles. The molecule has 1 aromatic carbocycles. The summed E-state index contributed by atoms with van der Waals surface area (Å²) >= 11 is 0. The monoisotopic (exact) mass is 323 g/mol. The first-order valence-electron chi connectivity index (χ1n) is 8.32. The number of nitrogens with one attached hydrogen (secondary N) is 2. The maximum Gasteiger partial charge on any atom is 0.270 e. The van der Waals surface area contributed by atoms with Crippen molar-refractivity contribution in [3.63, 3.8) is 0 Å². The van der Waals surface area contributed by atoms with Crippen molar-refractivity contribution in [2.45, 2.75) is 37.8 Å². The van der Waals surface area contributed by atoms with E-state index >= 15 is 0 Å². The summed E-state index contributed by atoms with van der Waals surface area (Å²) in [6.45, 7) is 0. The van der Waals surface area contributed by atoms with Gasteiger partial charge >= 0.3 is 0 Å². The average molecular weight is 323 g/mol. The fourth-order valence-electron chi connectivity index (χ4n) is 3.06. The van der Waals surface area contributed by atoms with Crippen molar-refractivity contribution in [2.75, 3.05) is 0 Å². The molecule has 0 saturated heterocycles. The molecular formula is C19H21N3O2. The molecule has 3 rings (SSSR count). The topological polar surface area (TPSA) is 71.1 Å². The number of hydrogen-bond acceptors (Lipinski definition) is 3. The highest BCUT2D eigenvalue weighted by Gasteiger charge is 2.28. The van der Waals surface area contributed by atoms with E-state index in [1.165, 1.54) is 0 Å². The fraction of sp³-hybridized carbons (Fsp3) is 0.316. The van der Waals surface area contributed by atoms with Crippen molar-refractivity contribution in [1.29, 1.82) is 0 Å². The summed E-state index contributed by atoms with van der Waals surface area (Å²) in [6.07, 6.45) is 5.43. The molecule has 0 radical (unpaired) electrons. The van der Waals surface area contributed by atoms with Crippen LogP contribution in [0.5, 0.6) is 0 Å². The highest BCUT2D eigenvalue weighted by Crippen LogP contribution is 2.19. The van der Waals surface area contributed by atoms with Gasteiger partial charge in [0.05, 0.1) is 0 Å². The largest absolute Gasteiger partial charge is 0.347 e. The number of rotatable bonds is 4. The van der Waals surface area contributed by atoms with Crippen LogP contribution in [0.15, 0.2) is 54.7 Å². The maximum absolute atomic E-state index is 12.4. The minimum atomic E-state index is -0.193. The van der Waals surface area contributed by atoms with Crippen molar-refractivity contribution in [1.82, 2.24) is 15.6 Å². The molecule has 2 atom stereocenters. The summed E-state index contributed by atoms with van der Waals surface area (Å²) in [7, 11) is 0. The number of carbonyl (C=O) groups excluding carboxylic acids is 2. The van der Waals surface area contributed by atoms with Gasteiger partial charge in [0.1, 0.15) is 5.69 Å². The zero-order valence-electron chi connectivity index (χ0n) is 13.4. The van der Waals surface area contributed by atoms with Crippen LogP contribution in [0.4, 0.5) is 0 Å². The second-order valence-corrected chi connectivity index (χ2v) is 6.03. The van der Waals surface area contributed by atoms with Crippen LogP contribution >= 0.6 is 0 Å². The molecule has 0 aliphatic heterocycles.